The van der Waals surface area contributed by atoms with Gasteiger partial charge in [0.1, 0.15) is 5.56 Å². The summed E-state index contributed by atoms with van der Waals surface area (Å²) < 4.78 is 40.5. The lowest BCUT2D eigenvalue weighted by Gasteiger charge is -2.07. The molecule has 1 rings (SSSR count). The fourth-order valence-electron chi connectivity index (χ4n) is 0.731. The second-order valence-electron chi connectivity index (χ2n) is 2.05. The van der Waals surface area contributed by atoms with Gasteiger partial charge in [-0.25, -0.2) is 4.98 Å². The maximum absolute atomic E-state index is 12.1. The summed E-state index contributed by atoms with van der Waals surface area (Å²) in [6.07, 6.45) is -2.31. The van der Waals surface area contributed by atoms with E-state index in [9.17, 15) is 13.2 Å². The van der Waals surface area contributed by atoms with Crippen LogP contribution in [0.3, 0.4) is 0 Å². The molecule has 76 valence electrons. The quantitative estimate of drug-likeness (QED) is 0.683. The van der Waals surface area contributed by atoms with Crippen molar-refractivity contribution in [2.75, 3.05) is 0 Å². The van der Waals surface area contributed by atoms with E-state index in [2.05, 4.69) is 9.72 Å². The molecule has 0 spiro atoms. The van der Waals surface area contributed by atoms with Crippen molar-refractivity contribution in [2.45, 2.75) is 6.18 Å². The second kappa shape index (κ2) is 4.72. The average molecular weight is 222 g/mol. The summed E-state index contributed by atoms with van der Waals surface area (Å²) in [5, 5.41) is 8.03. The highest BCUT2D eigenvalue weighted by molar-refractivity contribution is 7.59. The minimum absolute atomic E-state index is 0. The molecule has 0 aromatic carbocycles. The Morgan fingerprint density at radius 1 is 1.43 bits per heavy atom. The van der Waals surface area contributed by atoms with Crippen LogP contribution in [-0.2, 0) is 6.18 Å². The number of alkyl halides is 3. The Bertz CT molecular complexity index is 348. The lowest BCUT2D eigenvalue weighted by Crippen LogP contribution is -2.07. The Morgan fingerprint density at radius 3 is 2.57 bits per heavy atom. The molecular weight excluding hydrogens is 217 g/mol. The van der Waals surface area contributed by atoms with Gasteiger partial charge in [-0.2, -0.15) is 26.7 Å². The molecule has 0 saturated carbocycles. The summed E-state index contributed by atoms with van der Waals surface area (Å²) in [6.45, 7) is 0. The van der Waals surface area contributed by atoms with Gasteiger partial charge in [0, 0.05) is 6.20 Å². The van der Waals surface area contributed by atoms with Gasteiger partial charge in [0.2, 0.25) is 5.88 Å². The topological polar surface area (TPSA) is 45.9 Å². The molecule has 0 atom stereocenters. The average Bonchev–Trinajstić information content (AvgIpc) is 2.04. The maximum atomic E-state index is 12.1. The van der Waals surface area contributed by atoms with Crippen molar-refractivity contribution >= 4 is 13.5 Å². The van der Waals surface area contributed by atoms with E-state index in [4.69, 9.17) is 5.26 Å². The van der Waals surface area contributed by atoms with E-state index in [1.165, 1.54) is 0 Å². The van der Waals surface area contributed by atoms with E-state index in [1.807, 2.05) is 0 Å². The molecule has 0 saturated heterocycles. The van der Waals surface area contributed by atoms with E-state index in [0.29, 0.717) is 0 Å². The Labute approximate surface area is 84.6 Å². The molecule has 0 bridgehead atoms. The van der Waals surface area contributed by atoms with Gasteiger partial charge in [-0.3, -0.25) is 0 Å². The highest BCUT2D eigenvalue weighted by Crippen LogP contribution is 2.34. The molecule has 7 heteroatoms. The van der Waals surface area contributed by atoms with Crippen LogP contribution in [0.1, 0.15) is 5.56 Å². The molecule has 0 unspecified atom stereocenters. The first kappa shape index (κ1) is 12.6. The van der Waals surface area contributed by atoms with Gasteiger partial charge in [-0.1, -0.05) is 0 Å². The monoisotopic (exact) mass is 222 g/mol. The van der Waals surface area contributed by atoms with Crippen molar-refractivity contribution in [1.82, 2.24) is 4.98 Å². The van der Waals surface area contributed by atoms with Gasteiger partial charge in [-0.15, -0.1) is 5.26 Å². The zero-order valence-electron chi connectivity index (χ0n) is 6.67. The van der Waals surface area contributed by atoms with Crippen LogP contribution in [-0.4, -0.2) is 4.98 Å². The smallest absolute Gasteiger partial charge is 0.367 e. The molecule has 3 nitrogen and oxygen atoms in total. The molecular formula is C7H5F3N2OS. The summed E-state index contributed by atoms with van der Waals surface area (Å²) in [4.78, 5) is 3.27. The lowest BCUT2D eigenvalue weighted by atomic mass is 10.2. The standard InChI is InChI=1S/C7H3F3N2O.H2S/c8-7(9,10)5-2-1-3-12-6(5)13-4-11;/h1-3H;1H2. The minimum atomic E-state index is -4.56. The number of ether oxygens (including phenoxy) is 1. The lowest BCUT2D eigenvalue weighted by molar-refractivity contribution is -0.138. The molecule has 0 amide bonds. The molecule has 0 N–H and O–H groups in total. The minimum Gasteiger partial charge on any atom is -0.367 e. The van der Waals surface area contributed by atoms with Gasteiger partial charge in [-0.05, 0) is 12.1 Å². The zero-order valence-corrected chi connectivity index (χ0v) is 7.67. The predicted octanol–water partition coefficient (Wildman–Crippen LogP) is 2.07. The van der Waals surface area contributed by atoms with Crippen molar-refractivity contribution in [3.63, 3.8) is 0 Å². The molecule has 0 aliphatic rings. The number of nitrogens with zero attached hydrogens (tertiary/aromatic N) is 2. The van der Waals surface area contributed by atoms with Crippen LogP contribution in [0, 0.1) is 11.5 Å². The van der Waals surface area contributed by atoms with Crippen LogP contribution in [0.25, 0.3) is 0 Å². The number of aromatic nitrogens is 1. The summed E-state index contributed by atoms with van der Waals surface area (Å²) >= 11 is 0. The third-order valence-electron chi connectivity index (χ3n) is 1.22. The first-order chi connectivity index (χ1) is 6.05. The first-order valence-electron chi connectivity index (χ1n) is 3.14. The van der Waals surface area contributed by atoms with Crippen LogP contribution < -0.4 is 4.74 Å². The summed E-state index contributed by atoms with van der Waals surface area (Å²) in [7, 11) is 0. The van der Waals surface area contributed by atoms with Crippen molar-refractivity contribution in [3.05, 3.63) is 23.9 Å². The van der Waals surface area contributed by atoms with Crippen molar-refractivity contribution < 1.29 is 17.9 Å². The van der Waals surface area contributed by atoms with Crippen molar-refractivity contribution in [2.24, 2.45) is 0 Å². The molecule has 1 heterocycles. The van der Waals surface area contributed by atoms with Gasteiger partial charge < -0.3 is 4.74 Å². The SMILES string of the molecule is N#COc1ncccc1C(F)(F)F.S. The molecule has 1 aromatic heterocycles. The normalized spacial score (nSPS) is 9.86. The van der Waals surface area contributed by atoms with Crippen molar-refractivity contribution in [3.8, 4) is 12.1 Å². The molecule has 0 fully saturated rings. The number of pyridine rings is 1. The third kappa shape index (κ3) is 2.81. The van der Waals surface area contributed by atoms with Gasteiger partial charge in [0.15, 0.2) is 0 Å². The van der Waals surface area contributed by atoms with Crippen LogP contribution in [0.2, 0.25) is 0 Å². The fourth-order valence-corrected chi connectivity index (χ4v) is 0.731. The fraction of sp³-hybridized carbons (Fsp3) is 0.143. The summed E-state index contributed by atoms with van der Waals surface area (Å²) in [5.74, 6) is -0.725. The Hall–Kier alpha value is -1.42. The summed E-state index contributed by atoms with van der Waals surface area (Å²) in [6, 6.07) is 1.91. The Morgan fingerprint density at radius 2 is 2.07 bits per heavy atom. The third-order valence-corrected chi connectivity index (χ3v) is 1.22. The van der Waals surface area contributed by atoms with Gasteiger partial charge >= 0.3 is 6.18 Å². The first-order valence-corrected chi connectivity index (χ1v) is 3.14. The van der Waals surface area contributed by atoms with E-state index in [1.54, 1.807) is 0 Å². The number of nitriles is 1. The molecule has 0 aliphatic heterocycles. The highest BCUT2D eigenvalue weighted by atomic mass is 32.1. The predicted molar refractivity (Wildman–Crippen MR) is 45.9 cm³/mol. The van der Waals surface area contributed by atoms with Crippen molar-refractivity contribution in [1.29, 1.82) is 5.26 Å². The highest BCUT2D eigenvalue weighted by Gasteiger charge is 2.35. The largest absolute Gasteiger partial charge is 0.421 e. The van der Waals surface area contributed by atoms with Crippen LogP contribution in [0.15, 0.2) is 18.3 Å². The number of rotatable bonds is 1. The van der Waals surface area contributed by atoms with Gasteiger partial charge in [0.25, 0.3) is 6.26 Å². The van der Waals surface area contributed by atoms with E-state index in [-0.39, 0.29) is 13.5 Å². The number of hydrogen-bond acceptors (Lipinski definition) is 3. The van der Waals surface area contributed by atoms with Crippen LogP contribution >= 0.6 is 13.5 Å². The Balaban J connectivity index is 0.00000169. The van der Waals surface area contributed by atoms with E-state index < -0.39 is 17.6 Å². The molecule has 14 heavy (non-hydrogen) atoms. The van der Waals surface area contributed by atoms with E-state index >= 15 is 0 Å². The number of halogens is 3. The van der Waals surface area contributed by atoms with E-state index in [0.717, 1.165) is 24.6 Å². The zero-order chi connectivity index (χ0) is 9.90. The molecule has 0 aliphatic carbocycles. The maximum Gasteiger partial charge on any atom is 0.421 e. The van der Waals surface area contributed by atoms with Gasteiger partial charge in [0.05, 0.1) is 0 Å². The van der Waals surface area contributed by atoms with Crippen LogP contribution in [0.4, 0.5) is 13.2 Å². The Kier molecular flexibility index (Phi) is 4.24. The number of hydrogen-bond donors (Lipinski definition) is 0. The second-order valence-corrected chi connectivity index (χ2v) is 2.05. The molecule has 1 aromatic rings. The molecule has 0 radical (unpaired) electrons. The summed E-state index contributed by atoms with van der Waals surface area (Å²) in [5.41, 5.74) is -1.06. The van der Waals surface area contributed by atoms with Crippen LogP contribution in [0.5, 0.6) is 5.88 Å².